The molecule has 0 aliphatic rings. The number of nitrogens with two attached hydrogens (primary N) is 1. The zero-order valence-electron chi connectivity index (χ0n) is 8.10. The Hall–Kier alpha value is -2.17. The first kappa shape index (κ1) is 10.9. The lowest BCUT2D eigenvalue weighted by Crippen LogP contribution is -2.12. The number of esters is 1. The standard InChI is InChI=1S/C10H11NO4/c1-15-10(14)7(11)4-6-2-3-8(12)9(13)5-6/h2-5,12-13H,11H2,1H3/b7-4-. The maximum Gasteiger partial charge on any atom is 0.353 e. The van der Waals surface area contributed by atoms with E-state index in [4.69, 9.17) is 10.8 Å². The molecule has 5 nitrogen and oxygen atoms in total. The van der Waals surface area contributed by atoms with Crippen molar-refractivity contribution in [3.8, 4) is 11.5 Å². The summed E-state index contributed by atoms with van der Waals surface area (Å²) in [6, 6.07) is 4.09. The van der Waals surface area contributed by atoms with E-state index < -0.39 is 5.97 Å². The van der Waals surface area contributed by atoms with Crippen LogP contribution in [0.2, 0.25) is 0 Å². The van der Waals surface area contributed by atoms with Crippen LogP contribution in [0.1, 0.15) is 5.56 Å². The lowest BCUT2D eigenvalue weighted by Gasteiger charge is -2.01. The molecule has 1 aromatic carbocycles. The summed E-state index contributed by atoms with van der Waals surface area (Å²) in [5.41, 5.74) is 5.80. The van der Waals surface area contributed by atoms with Gasteiger partial charge in [-0.3, -0.25) is 0 Å². The van der Waals surface area contributed by atoms with Gasteiger partial charge in [0.2, 0.25) is 0 Å². The van der Waals surface area contributed by atoms with E-state index in [0.29, 0.717) is 5.56 Å². The Bertz CT molecular complexity index is 412. The van der Waals surface area contributed by atoms with E-state index in [9.17, 15) is 9.90 Å². The van der Waals surface area contributed by atoms with Crippen LogP contribution in [0.4, 0.5) is 0 Å². The molecule has 80 valence electrons. The summed E-state index contributed by atoms with van der Waals surface area (Å²) in [6.45, 7) is 0. The van der Waals surface area contributed by atoms with Gasteiger partial charge in [-0.05, 0) is 23.8 Å². The minimum atomic E-state index is -0.650. The van der Waals surface area contributed by atoms with E-state index in [1.807, 2.05) is 0 Å². The second-order valence-corrected chi connectivity index (χ2v) is 2.84. The maximum atomic E-state index is 10.9. The number of carbonyl (C=O) groups is 1. The summed E-state index contributed by atoms with van der Waals surface area (Å²) in [6.07, 6.45) is 1.34. The minimum absolute atomic E-state index is 0.0809. The Morgan fingerprint density at radius 1 is 1.40 bits per heavy atom. The van der Waals surface area contributed by atoms with E-state index in [2.05, 4.69) is 4.74 Å². The fourth-order valence-electron chi connectivity index (χ4n) is 0.987. The second kappa shape index (κ2) is 4.36. The van der Waals surface area contributed by atoms with Crippen molar-refractivity contribution in [3.63, 3.8) is 0 Å². The third-order valence-electron chi connectivity index (χ3n) is 1.74. The van der Waals surface area contributed by atoms with Gasteiger partial charge in [-0.2, -0.15) is 0 Å². The normalized spacial score (nSPS) is 11.1. The molecule has 0 aromatic heterocycles. The Balaban J connectivity index is 2.98. The van der Waals surface area contributed by atoms with Crippen LogP contribution in [-0.2, 0) is 9.53 Å². The molecule has 0 spiro atoms. The van der Waals surface area contributed by atoms with Crippen molar-refractivity contribution in [3.05, 3.63) is 29.5 Å². The number of benzene rings is 1. The smallest absolute Gasteiger partial charge is 0.353 e. The molecule has 1 aromatic rings. The number of carbonyl (C=O) groups excluding carboxylic acids is 1. The van der Waals surface area contributed by atoms with Crippen LogP contribution in [-0.4, -0.2) is 23.3 Å². The first-order valence-corrected chi connectivity index (χ1v) is 4.12. The van der Waals surface area contributed by atoms with Crippen molar-refractivity contribution in [2.24, 2.45) is 5.73 Å². The van der Waals surface area contributed by atoms with Gasteiger partial charge < -0.3 is 20.7 Å². The van der Waals surface area contributed by atoms with E-state index in [-0.39, 0.29) is 17.2 Å². The summed E-state index contributed by atoms with van der Waals surface area (Å²) in [5.74, 6) is -1.16. The topological polar surface area (TPSA) is 92.8 Å². The number of methoxy groups -OCH3 is 1. The summed E-state index contributed by atoms with van der Waals surface area (Å²) in [5, 5.41) is 18.2. The summed E-state index contributed by atoms with van der Waals surface area (Å²) >= 11 is 0. The van der Waals surface area contributed by atoms with Crippen LogP contribution >= 0.6 is 0 Å². The van der Waals surface area contributed by atoms with E-state index >= 15 is 0 Å². The molecular formula is C10H11NO4. The van der Waals surface area contributed by atoms with Gasteiger partial charge in [-0.15, -0.1) is 0 Å². The number of aromatic hydroxyl groups is 2. The molecule has 0 bridgehead atoms. The van der Waals surface area contributed by atoms with Gasteiger partial charge >= 0.3 is 5.97 Å². The van der Waals surface area contributed by atoms with Crippen molar-refractivity contribution in [1.82, 2.24) is 0 Å². The Morgan fingerprint density at radius 2 is 2.07 bits per heavy atom. The zero-order chi connectivity index (χ0) is 11.4. The Kier molecular flexibility index (Phi) is 3.17. The fraction of sp³-hybridized carbons (Fsp3) is 0.100. The molecule has 15 heavy (non-hydrogen) atoms. The first-order valence-electron chi connectivity index (χ1n) is 4.12. The van der Waals surface area contributed by atoms with Gasteiger partial charge in [0.25, 0.3) is 0 Å². The number of hydrogen-bond donors (Lipinski definition) is 3. The van der Waals surface area contributed by atoms with Crippen molar-refractivity contribution in [1.29, 1.82) is 0 Å². The lowest BCUT2D eigenvalue weighted by atomic mass is 10.1. The predicted octanol–water partition coefficient (Wildman–Crippen LogP) is 0.570. The molecule has 4 N–H and O–H groups in total. The molecule has 5 heteroatoms. The zero-order valence-corrected chi connectivity index (χ0v) is 8.10. The van der Waals surface area contributed by atoms with Crippen molar-refractivity contribution in [2.45, 2.75) is 0 Å². The third-order valence-corrected chi connectivity index (χ3v) is 1.74. The number of phenolic OH excluding ortho intramolecular Hbond substituents is 2. The number of hydrogen-bond acceptors (Lipinski definition) is 5. The van der Waals surface area contributed by atoms with Gasteiger partial charge in [0.05, 0.1) is 7.11 Å². The third kappa shape index (κ3) is 2.63. The van der Waals surface area contributed by atoms with Gasteiger partial charge in [0.15, 0.2) is 11.5 Å². The summed E-state index contributed by atoms with van der Waals surface area (Å²) in [4.78, 5) is 10.9. The van der Waals surface area contributed by atoms with Gasteiger partial charge in [-0.25, -0.2) is 4.79 Å². The molecule has 0 aliphatic carbocycles. The van der Waals surface area contributed by atoms with E-state index in [1.165, 1.54) is 31.4 Å². The molecule has 0 unspecified atom stereocenters. The number of phenols is 2. The first-order chi connectivity index (χ1) is 7.04. The monoisotopic (exact) mass is 209 g/mol. The van der Waals surface area contributed by atoms with Crippen LogP contribution in [0.15, 0.2) is 23.9 Å². The van der Waals surface area contributed by atoms with Crippen LogP contribution in [0.3, 0.4) is 0 Å². The minimum Gasteiger partial charge on any atom is -0.504 e. The quantitative estimate of drug-likeness (QED) is 0.376. The Labute approximate surface area is 86.4 Å². The highest BCUT2D eigenvalue weighted by Crippen LogP contribution is 2.25. The van der Waals surface area contributed by atoms with Crippen molar-refractivity contribution in [2.75, 3.05) is 7.11 Å². The highest BCUT2D eigenvalue weighted by Gasteiger charge is 2.05. The van der Waals surface area contributed by atoms with Crippen molar-refractivity contribution < 1.29 is 19.7 Å². The van der Waals surface area contributed by atoms with Crippen LogP contribution in [0, 0.1) is 0 Å². The fourth-order valence-corrected chi connectivity index (χ4v) is 0.987. The SMILES string of the molecule is COC(=O)/C(N)=C/c1ccc(O)c(O)c1. The van der Waals surface area contributed by atoms with Crippen LogP contribution in [0.25, 0.3) is 6.08 Å². The van der Waals surface area contributed by atoms with E-state index in [1.54, 1.807) is 0 Å². The molecule has 0 atom stereocenters. The summed E-state index contributed by atoms with van der Waals surface area (Å²) in [7, 11) is 1.22. The number of ether oxygens (including phenoxy) is 1. The lowest BCUT2D eigenvalue weighted by molar-refractivity contribution is -0.136. The average molecular weight is 209 g/mol. The molecule has 0 radical (unpaired) electrons. The molecule has 0 aliphatic heterocycles. The molecule has 0 fully saturated rings. The maximum absolute atomic E-state index is 10.9. The van der Waals surface area contributed by atoms with Gasteiger partial charge in [-0.1, -0.05) is 6.07 Å². The molecule has 0 saturated heterocycles. The summed E-state index contributed by atoms with van der Waals surface area (Å²) < 4.78 is 4.39. The van der Waals surface area contributed by atoms with Gasteiger partial charge in [0.1, 0.15) is 5.70 Å². The van der Waals surface area contributed by atoms with E-state index in [0.717, 1.165) is 0 Å². The molecule has 0 amide bonds. The van der Waals surface area contributed by atoms with Crippen molar-refractivity contribution >= 4 is 12.0 Å². The van der Waals surface area contributed by atoms with Gasteiger partial charge in [0, 0.05) is 0 Å². The van der Waals surface area contributed by atoms with Crippen LogP contribution in [0.5, 0.6) is 11.5 Å². The largest absolute Gasteiger partial charge is 0.504 e. The molecule has 1 rings (SSSR count). The second-order valence-electron chi connectivity index (χ2n) is 2.84. The van der Waals surface area contributed by atoms with Crippen LogP contribution < -0.4 is 5.73 Å². The molecular weight excluding hydrogens is 198 g/mol. The predicted molar refractivity (Wildman–Crippen MR) is 54.0 cm³/mol. The number of rotatable bonds is 2. The highest BCUT2D eigenvalue weighted by atomic mass is 16.5. The average Bonchev–Trinajstić information content (AvgIpc) is 2.22. The molecule has 0 saturated carbocycles. The highest BCUT2D eigenvalue weighted by molar-refractivity contribution is 5.92. The Morgan fingerprint density at radius 3 is 2.60 bits per heavy atom. The molecule has 0 heterocycles.